The van der Waals surface area contributed by atoms with Gasteiger partial charge in [-0.05, 0) is 159 Å². The van der Waals surface area contributed by atoms with Crippen molar-refractivity contribution in [2.75, 3.05) is 0 Å². The molecule has 0 spiro atoms. The third-order valence-electron chi connectivity index (χ3n) is 11.3. The molecule has 2 aromatic rings. The monoisotopic (exact) mass is 726 g/mol. The maximum Gasteiger partial charge on any atom is 0.0564 e. The van der Waals surface area contributed by atoms with E-state index in [0.29, 0.717) is 0 Å². The smallest absolute Gasteiger partial charge is 0.0564 e. The molecular formula is C36H52B2Br2P2. The summed E-state index contributed by atoms with van der Waals surface area (Å²) in [6.45, 7) is 0. The minimum Gasteiger partial charge on any atom is -0.298 e. The Balaban J connectivity index is 0.000000168. The molecule has 0 saturated heterocycles. The predicted molar refractivity (Wildman–Crippen MR) is 200 cm³/mol. The average Bonchev–Trinajstić information content (AvgIpc) is 3.06. The van der Waals surface area contributed by atoms with Crippen molar-refractivity contribution in [2.24, 2.45) is 0 Å². The first-order valence-corrected chi connectivity index (χ1v) is 22.9. The van der Waals surface area contributed by atoms with Crippen LogP contribution in [0.5, 0.6) is 0 Å². The molecular weight excluding hydrogens is 676 g/mol. The number of hydrogen-bond acceptors (Lipinski definition) is 0. The van der Waals surface area contributed by atoms with Crippen molar-refractivity contribution in [1.82, 2.24) is 0 Å². The van der Waals surface area contributed by atoms with Crippen LogP contribution in [-0.2, 0) is 0 Å². The number of halogens is 2. The molecule has 2 aromatic carbocycles. The van der Waals surface area contributed by atoms with Crippen LogP contribution in [0.4, 0.5) is 0 Å². The maximum absolute atomic E-state index is 7.35. The standard InChI is InChI=1S/2C18H26BBrP/c2*19-21(15-9-3-1-4-10-15,16-11-5-2-6-12-16)18-14-8-7-13-17(18)20/h2*7-8,13-16H,1-6,9-12H2. The van der Waals surface area contributed by atoms with Crippen molar-refractivity contribution < 1.29 is 0 Å². The Kier molecular flexibility index (Phi) is 13.1. The zero-order valence-electron chi connectivity index (χ0n) is 25.9. The highest BCUT2D eigenvalue weighted by Gasteiger charge is 2.42. The van der Waals surface area contributed by atoms with Gasteiger partial charge in [-0.15, -0.1) is 0 Å². The topological polar surface area (TPSA) is 0 Å². The van der Waals surface area contributed by atoms with Crippen LogP contribution < -0.4 is 10.6 Å². The van der Waals surface area contributed by atoms with E-state index in [1.165, 1.54) is 148 Å². The largest absolute Gasteiger partial charge is 0.298 e. The minimum absolute atomic E-state index is 0.771. The van der Waals surface area contributed by atoms with E-state index in [1.807, 2.05) is 0 Å². The Hall–Kier alpha value is 0.390. The zero-order valence-corrected chi connectivity index (χ0v) is 30.8. The van der Waals surface area contributed by atoms with E-state index in [1.54, 1.807) is 0 Å². The molecule has 0 bridgehead atoms. The van der Waals surface area contributed by atoms with Gasteiger partial charge in [-0.25, -0.2) is 14.3 Å². The third kappa shape index (κ3) is 7.67. The highest BCUT2D eigenvalue weighted by atomic mass is 79.9. The molecule has 0 aliphatic heterocycles. The van der Waals surface area contributed by atoms with Gasteiger partial charge in [0.15, 0.2) is 0 Å². The van der Waals surface area contributed by atoms with Crippen LogP contribution in [-0.4, -0.2) is 37.8 Å². The van der Waals surface area contributed by atoms with Gasteiger partial charge in [-0.2, -0.15) is 0 Å². The number of benzene rings is 2. The quantitative estimate of drug-likeness (QED) is 0.205. The second-order valence-electron chi connectivity index (χ2n) is 13.7. The Morgan fingerprint density at radius 1 is 0.405 bits per heavy atom. The zero-order chi connectivity index (χ0) is 29.4. The maximum atomic E-state index is 7.35. The van der Waals surface area contributed by atoms with Gasteiger partial charge in [-0.3, -0.25) is 15.1 Å². The summed E-state index contributed by atoms with van der Waals surface area (Å²) < 4.78 is 2.52. The van der Waals surface area contributed by atoms with E-state index in [2.05, 4.69) is 80.4 Å². The lowest BCUT2D eigenvalue weighted by atomic mass is 9.99. The molecule has 0 atom stereocenters. The SMILES string of the molecule is [B-][P+](c1ccccc1Br)(C1CCCCC1)C1CCCCC1.[B-][P+](c1ccccc1Br)(C1CCCCC1)C1CCCCC1. The second-order valence-corrected chi connectivity index (χ2v) is 22.7. The van der Waals surface area contributed by atoms with Gasteiger partial charge in [-0.1, -0.05) is 49.9 Å². The minimum atomic E-state index is -1.56. The first-order valence-electron chi connectivity index (χ1n) is 17.3. The van der Waals surface area contributed by atoms with E-state index in [4.69, 9.17) is 15.1 Å². The molecule has 4 saturated carbocycles. The average molecular weight is 728 g/mol. The first-order chi connectivity index (χ1) is 20.5. The lowest BCUT2D eigenvalue weighted by molar-refractivity contribution is 0.485. The Bertz CT molecular complexity index is 980. The van der Waals surface area contributed by atoms with Gasteiger partial charge in [0.2, 0.25) is 0 Å². The Morgan fingerprint density at radius 3 is 0.881 bits per heavy atom. The summed E-state index contributed by atoms with van der Waals surface area (Å²) in [6.07, 6.45) is 27.7. The molecule has 226 valence electrons. The van der Waals surface area contributed by atoms with Gasteiger partial charge < -0.3 is 0 Å². The highest BCUT2D eigenvalue weighted by molar-refractivity contribution is 9.11. The first kappa shape index (κ1) is 33.7. The molecule has 0 nitrogen and oxygen atoms in total. The summed E-state index contributed by atoms with van der Waals surface area (Å²) in [7, 11) is 11.6. The van der Waals surface area contributed by atoms with E-state index in [0.717, 1.165) is 22.6 Å². The molecule has 6 rings (SSSR count). The van der Waals surface area contributed by atoms with Gasteiger partial charge >= 0.3 is 0 Å². The molecule has 4 fully saturated rings. The van der Waals surface area contributed by atoms with Crippen LogP contribution in [0.2, 0.25) is 0 Å². The Morgan fingerprint density at radius 2 is 0.643 bits per heavy atom. The molecule has 0 aromatic heterocycles. The molecule has 4 aliphatic rings. The highest BCUT2D eigenvalue weighted by Crippen LogP contribution is 2.69. The van der Waals surface area contributed by atoms with Crippen molar-refractivity contribution in [3.63, 3.8) is 0 Å². The summed E-state index contributed by atoms with van der Waals surface area (Å²) in [5.41, 5.74) is 3.09. The van der Waals surface area contributed by atoms with Crippen LogP contribution in [0.1, 0.15) is 128 Å². The van der Waals surface area contributed by atoms with Crippen molar-refractivity contribution in [3.8, 4) is 0 Å². The van der Waals surface area contributed by atoms with Gasteiger partial charge in [0.25, 0.3) is 0 Å². The fourth-order valence-electron chi connectivity index (χ4n) is 8.95. The fourth-order valence-corrected chi connectivity index (χ4v) is 20.6. The molecule has 0 heterocycles. The molecule has 42 heavy (non-hydrogen) atoms. The van der Waals surface area contributed by atoms with Crippen LogP contribution in [0.25, 0.3) is 0 Å². The van der Waals surface area contributed by atoms with Crippen molar-refractivity contribution in [2.45, 2.75) is 151 Å². The molecule has 4 aliphatic carbocycles. The van der Waals surface area contributed by atoms with E-state index >= 15 is 0 Å². The van der Waals surface area contributed by atoms with E-state index in [9.17, 15) is 0 Å². The second kappa shape index (κ2) is 16.3. The molecule has 6 radical (unpaired) electrons. The summed E-state index contributed by atoms with van der Waals surface area (Å²) >= 11 is 7.63. The van der Waals surface area contributed by atoms with E-state index in [-0.39, 0.29) is 0 Å². The lowest BCUT2D eigenvalue weighted by Gasteiger charge is -2.52. The van der Waals surface area contributed by atoms with E-state index < -0.39 is 14.3 Å². The molecule has 6 heteroatoms. The van der Waals surface area contributed by atoms with Crippen LogP contribution in [0.3, 0.4) is 0 Å². The lowest BCUT2D eigenvalue weighted by Crippen LogP contribution is -2.35. The normalized spacial score (nSPS) is 22.4. The van der Waals surface area contributed by atoms with Crippen LogP contribution in [0, 0.1) is 0 Å². The summed E-state index contributed by atoms with van der Waals surface area (Å²) in [4.78, 5) is 0. The van der Waals surface area contributed by atoms with Gasteiger partial charge in [0.1, 0.15) is 0 Å². The van der Waals surface area contributed by atoms with Gasteiger partial charge in [0.05, 0.1) is 19.6 Å². The van der Waals surface area contributed by atoms with Crippen LogP contribution in [0.15, 0.2) is 57.5 Å². The fraction of sp³-hybridized carbons (Fsp3) is 0.667. The predicted octanol–water partition coefficient (Wildman–Crippen LogP) is 11.7. The number of hydrogen-bond donors (Lipinski definition) is 0. The summed E-state index contributed by atoms with van der Waals surface area (Å²) in [6, 6.07) is 17.7. The summed E-state index contributed by atoms with van der Waals surface area (Å²) in [5, 5.41) is 2.95. The molecule has 0 N–H and O–H groups in total. The van der Waals surface area contributed by atoms with Crippen LogP contribution >= 0.6 is 46.1 Å². The van der Waals surface area contributed by atoms with Crippen molar-refractivity contribution >= 4 is 71.9 Å². The molecule has 0 unspecified atom stereocenters. The number of rotatable bonds is 6. The summed E-state index contributed by atoms with van der Waals surface area (Å²) in [5.74, 6) is 0. The third-order valence-corrected chi connectivity index (χ3v) is 22.6. The van der Waals surface area contributed by atoms with Crippen molar-refractivity contribution in [3.05, 3.63) is 57.5 Å². The van der Waals surface area contributed by atoms with Crippen molar-refractivity contribution in [1.29, 1.82) is 0 Å². The Labute approximate surface area is 278 Å². The molecule has 0 amide bonds. The van der Waals surface area contributed by atoms with Gasteiger partial charge in [0, 0.05) is 22.6 Å².